The fourth-order valence-electron chi connectivity index (χ4n) is 3.65. The van der Waals surface area contributed by atoms with E-state index in [-0.39, 0.29) is 16.7 Å². The highest BCUT2D eigenvalue weighted by Crippen LogP contribution is 2.57. The highest BCUT2D eigenvalue weighted by Gasteiger charge is 2.53. The Kier molecular flexibility index (Phi) is 1.93. The topological polar surface area (TPSA) is 17.1 Å². The van der Waals surface area contributed by atoms with Gasteiger partial charge in [-0.1, -0.05) is 32.8 Å². The lowest BCUT2D eigenvalue weighted by Gasteiger charge is -2.47. The van der Waals surface area contributed by atoms with Gasteiger partial charge >= 0.3 is 0 Å². The van der Waals surface area contributed by atoms with Gasteiger partial charge in [0.05, 0.1) is 0 Å². The van der Waals surface area contributed by atoms with Crippen LogP contribution in [0.4, 0.5) is 0 Å². The highest BCUT2D eigenvalue weighted by atomic mass is 16.1. The van der Waals surface area contributed by atoms with Crippen molar-refractivity contribution in [2.24, 2.45) is 16.7 Å². The molecule has 0 aliphatic heterocycles. The lowest BCUT2D eigenvalue weighted by atomic mass is 9.56. The number of ketones is 1. The summed E-state index contributed by atoms with van der Waals surface area (Å²) in [6.45, 7) is 8.90. The largest absolute Gasteiger partial charge is 0.294 e. The Hall–Kier alpha value is -0.590. The predicted octanol–water partition coefficient (Wildman–Crippen LogP) is 3.35. The molecule has 1 heteroatoms. The number of fused-ring (bicyclic) bond motifs is 1. The zero-order valence-electron chi connectivity index (χ0n) is 9.68. The molecule has 1 fully saturated rings. The average molecular weight is 192 g/mol. The summed E-state index contributed by atoms with van der Waals surface area (Å²) in [5.41, 5.74) is 1.66. The maximum atomic E-state index is 12.0. The van der Waals surface area contributed by atoms with Crippen molar-refractivity contribution >= 4 is 5.78 Å². The fourth-order valence-corrected chi connectivity index (χ4v) is 3.65. The first-order valence-corrected chi connectivity index (χ1v) is 5.60. The standard InChI is InChI=1S/C13H20O/c1-9-8-10(14)11-12(2,3)6-5-7-13(9,11)4/h8,11H,5-7H2,1-4H3/t11-,13?/m0/s1. The number of carbonyl (C=O) groups excluding carboxylic acids is 1. The van der Waals surface area contributed by atoms with E-state index in [4.69, 9.17) is 0 Å². The molecule has 0 aromatic rings. The molecular formula is C13H20O. The molecule has 1 saturated carbocycles. The zero-order valence-corrected chi connectivity index (χ0v) is 9.68. The van der Waals surface area contributed by atoms with Gasteiger partial charge in [-0.05, 0) is 36.7 Å². The summed E-state index contributed by atoms with van der Waals surface area (Å²) in [6.07, 6.45) is 5.53. The smallest absolute Gasteiger partial charge is 0.160 e. The Morgan fingerprint density at radius 3 is 2.50 bits per heavy atom. The van der Waals surface area contributed by atoms with Crippen molar-refractivity contribution in [2.45, 2.75) is 47.0 Å². The van der Waals surface area contributed by atoms with Crippen molar-refractivity contribution in [1.82, 2.24) is 0 Å². The Bertz CT molecular complexity index is 311. The molecule has 1 nitrogen and oxygen atoms in total. The molecule has 2 aliphatic rings. The first-order valence-electron chi connectivity index (χ1n) is 5.60. The van der Waals surface area contributed by atoms with Gasteiger partial charge < -0.3 is 0 Å². The molecule has 1 unspecified atom stereocenters. The number of carbonyl (C=O) groups is 1. The van der Waals surface area contributed by atoms with E-state index in [9.17, 15) is 4.79 Å². The molecule has 0 aromatic carbocycles. The van der Waals surface area contributed by atoms with E-state index in [2.05, 4.69) is 27.7 Å². The van der Waals surface area contributed by atoms with Crippen LogP contribution in [-0.4, -0.2) is 5.78 Å². The molecule has 0 radical (unpaired) electrons. The third kappa shape index (κ3) is 1.11. The first-order chi connectivity index (χ1) is 6.38. The van der Waals surface area contributed by atoms with E-state index in [1.807, 2.05) is 6.08 Å². The molecule has 0 bridgehead atoms. The SMILES string of the molecule is CC1=CC(=O)[C@H]2C(C)(C)CCCC12C. The van der Waals surface area contributed by atoms with Gasteiger partial charge in [0.15, 0.2) is 5.78 Å². The Labute approximate surface area is 86.6 Å². The van der Waals surface area contributed by atoms with Gasteiger partial charge in [-0.2, -0.15) is 0 Å². The summed E-state index contributed by atoms with van der Waals surface area (Å²) in [6, 6.07) is 0. The second-order valence-corrected chi connectivity index (χ2v) is 5.92. The predicted molar refractivity (Wildman–Crippen MR) is 58.0 cm³/mol. The minimum absolute atomic E-state index is 0.166. The van der Waals surface area contributed by atoms with Crippen LogP contribution in [0.5, 0.6) is 0 Å². The summed E-state index contributed by atoms with van der Waals surface area (Å²) >= 11 is 0. The summed E-state index contributed by atoms with van der Waals surface area (Å²) < 4.78 is 0. The van der Waals surface area contributed by atoms with E-state index < -0.39 is 0 Å². The summed E-state index contributed by atoms with van der Waals surface area (Å²) in [7, 11) is 0. The summed E-state index contributed by atoms with van der Waals surface area (Å²) in [5.74, 6) is 0.610. The monoisotopic (exact) mass is 192 g/mol. The van der Waals surface area contributed by atoms with Gasteiger partial charge in [-0.25, -0.2) is 0 Å². The van der Waals surface area contributed by atoms with Crippen molar-refractivity contribution in [3.63, 3.8) is 0 Å². The van der Waals surface area contributed by atoms with E-state index in [1.165, 1.54) is 24.8 Å². The molecule has 0 saturated heterocycles. The average Bonchev–Trinajstić information content (AvgIpc) is 2.22. The van der Waals surface area contributed by atoms with Crippen LogP contribution in [0.15, 0.2) is 11.6 Å². The lowest BCUT2D eigenvalue weighted by Crippen LogP contribution is -2.43. The molecule has 0 heterocycles. The number of allylic oxidation sites excluding steroid dienone is 2. The van der Waals surface area contributed by atoms with Crippen LogP contribution < -0.4 is 0 Å². The van der Waals surface area contributed by atoms with Crippen molar-refractivity contribution < 1.29 is 4.79 Å². The van der Waals surface area contributed by atoms with Crippen LogP contribution in [0.1, 0.15) is 47.0 Å². The van der Waals surface area contributed by atoms with Crippen molar-refractivity contribution in [3.05, 3.63) is 11.6 Å². The normalized spacial score (nSPS) is 40.7. The second kappa shape index (κ2) is 2.71. The van der Waals surface area contributed by atoms with Crippen molar-refractivity contribution in [1.29, 1.82) is 0 Å². The van der Waals surface area contributed by atoms with Crippen molar-refractivity contribution in [3.8, 4) is 0 Å². The molecule has 0 spiro atoms. The zero-order chi connectivity index (χ0) is 10.6. The van der Waals surface area contributed by atoms with E-state index in [0.29, 0.717) is 5.78 Å². The van der Waals surface area contributed by atoms with E-state index in [0.717, 1.165) is 0 Å². The van der Waals surface area contributed by atoms with E-state index in [1.54, 1.807) is 0 Å². The Morgan fingerprint density at radius 2 is 1.93 bits per heavy atom. The number of hydrogen-bond acceptors (Lipinski definition) is 1. The van der Waals surface area contributed by atoms with Crippen molar-refractivity contribution in [2.75, 3.05) is 0 Å². The van der Waals surface area contributed by atoms with Gasteiger partial charge in [0.25, 0.3) is 0 Å². The molecule has 0 amide bonds. The van der Waals surface area contributed by atoms with Crippen LogP contribution >= 0.6 is 0 Å². The highest BCUT2D eigenvalue weighted by molar-refractivity contribution is 5.97. The number of rotatable bonds is 0. The second-order valence-electron chi connectivity index (χ2n) is 5.92. The molecule has 0 aromatic heterocycles. The molecule has 78 valence electrons. The third-order valence-electron chi connectivity index (χ3n) is 4.48. The minimum atomic E-state index is 0.166. The van der Waals surface area contributed by atoms with Crippen LogP contribution in [0.3, 0.4) is 0 Å². The van der Waals surface area contributed by atoms with Crippen LogP contribution in [-0.2, 0) is 4.79 Å². The molecule has 14 heavy (non-hydrogen) atoms. The maximum absolute atomic E-state index is 12.0. The maximum Gasteiger partial charge on any atom is 0.160 e. The quantitative estimate of drug-likeness (QED) is 0.575. The van der Waals surface area contributed by atoms with Crippen LogP contribution in [0.2, 0.25) is 0 Å². The van der Waals surface area contributed by atoms with Crippen LogP contribution in [0.25, 0.3) is 0 Å². The Morgan fingerprint density at radius 1 is 1.29 bits per heavy atom. The molecule has 2 aliphatic carbocycles. The fraction of sp³-hybridized carbons (Fsp3) is 0.769. The van der Waals surface area contributed by atoms with Gasteiger partial charge in [0, 0.05) is 5.92 Å². The molecule has 2 atom stereocenters. The van der Waals surface area contributed by atoms with Gasteiger partial charge in [0.1, 0.15) is 0 Å². The molecule has 2 rings (SSSR count). The van der Waals surface area contributed by atoms with Gasteiger partial charge in [-0.15, -0.1) is 0 Å². The van der Waals surface area contributed by atoms with Crippen LogP contribution in [0, 0.1) is 16.7 Å². The van der Waals surface area contributed by atoms with E-state index >= 15 is 0 Å². The lowest BCUT2D eigenvalue weighted by molar-refractivity contribution is -0.126. The molecular weight excluding hydrogens is 172 g/mol. The summed E-state index contributed by atoms with van der Waals surface area (Å²) in [4.78, 5) is 12.0. The van der Waals surface area contributed by atoms with Gasteiger partial charge in [-0.3, -0.25) is 4.79 Å². The first kappa shape index (κ1) is 9.95. The third-order valence-corrected chi connectivity index (χ3v) is 4.48. The Balaban J connectivity index is 2.45. The van der Waals surface area contributed by atoms with Gasteiger partial charge in [0.2, 0.25) is 0 Å². The summed E-state index contributed by atoms with van der Waals surface area (Å²) in [5, 5.41) is 0. The molecule has 0 N–H and O–H groups in total. The number of hydrogen-bond donors (Lipinski definition) is 0. The minimum Gasteiger partial charge on any atom is -0.294 e.